The van der Waals surface area contributed by atoms with Gasteiger partial charge >= 0.3 is 6.18 Å². The van der Waals surface area contributed by atoms with Crippen molar-refractivity contribution in [3.63, 3.8) is 0 Å². The van der Waals surface area contributed by atoms with Crippen molar-refractivity contribution in [2.24, 2.45) is 0 Å². The van der Waals surface area contributed by atoms with E-state index >= 15 is 0 Å². The van der Waals surface area contributed by atoms with E-state index in [0.717, 1.165) is 18.0 Å². The van der Waals surface area contributed by atoms with E-state index in [0.29, 0.717) is 31.7 Å². The lowest BCUT2D eigenvalue weighted by molar-refractivity contribution is -0.141. The van der Waals surface area contributed by atoms with Crippen LogP contribution in [0.3, 0.4) is 0 Å². The smallest absolute Gasteiger partial charge is 0.433 e. The van der Waals surface area contributed by atoms with Crippen molar-refractivity contribution in [3.8, 4) is 5.75 Å². The highest BCUT2D eigenvalue weighted by atomic mass is 19.4. The number of methoxy groups -OCH3 is 1. The summed E-state index contributed by atoms with van der Waals surface area (Å²) in [5, 5.41) is 2.93. The van der Waals surface area contributed by atoms with Gasteiger partial charge in [0, 0.05) is 36.8 Å². The molecule has 0 bridgehead atoms. The van der Waals surface area contributed by atoms with Gasteiger partial charge in [-0.3, -0.25) is 4.79 Å². The highest BCUT2D eigenvalue weighted by Gasteiger charge is 2.33. The van der Waals surface area contributed by atoms with Gasteiger partial charge in [-0.05, 0) is 25.0 Å². The summed E-state index contributed by atoms with van der Waals surface area (Å²) >= 11 is 0. The number of aromatic nitrogens is 2. The number of rotatable bonds is 5. The maximum Gasteiger partial charge on any atom is 0.433 e. The van der Waals surface area contributed by atoms with Crippen molar-refractivity contribution in [2.75, 3.05) is 25.1 Å². The van der Waals surface area contributed by atoms with E-state index in [2.05, 4.69) is 15.3 Å². The molecule has 2 aromatic rings. The number of anilines is 1. The summed E-state index contributed by atoms with van der Waals surface area (Å²) in [6, 6.07) is 8.26. The largest absolute Gasteiger partial charge is 0.496 e. The molecule has 2 heterocycles. The summed E-state index contributed by atoms with van der Waals surface area (Å²) in [5.74, 6) is 0.692. The van der Waals surface area contributed by atoms with Crippen LogP contribution >= 0.6 is 0 Å². The summed E-state index contributed by atoms with van der Waals surface area (Å²) in [4.78, 5) is 21.2. The Morgan fingerprint density at radius 3 is 2.66 bits per heavy atom. The molecule has 1 fully saturated rings. The number of carbonyl (C=O) groups excluding carboxylic acids is 1. The Morgan fingerprint density at radius 1 is 1.24 bits per heavy atom. The SMILES string of the molecule is COc1ccccc1C=CC(=O)NC1CCN(c2cc(C(F)(F)F)ncn2)CC1. The van der Waals surface area contributed by atoms with Crippen LogP contribution in [0.5, 0.6) is 5.75 Å². The van der Waals surface area contributed by atoms with Crippen LogP contribution in [0.1, 0.15) is 24.1 Å². The average molecular weight is 406 g/mol. The van der Waals surface area contributed by atoms with E-state index in [9.17, 15) is 18.0 Å². The van der Waals surface area contributed by atoms with Crippen molar-refractivity contribution >= 4 is 17.8 Å². The van der Waals surface area contributed by atoms with Crippen molar-refractivity contribution in [3.05, 3.63) is 54.0 Å². The van der Waals surface area contributed by atoms with Crippen LogP contribution < -0.4 is 15.0 Å². The Bertz CT molecular complexity index is 878. The molecule has 0 saturated carbocycles. The molecule has 0 aliphatic carbocycles. The molecular formula is C20H21F3N4O2. The second-order valence-electron chi connectivity index (χ2n) is 6.60. The van der Waals surface area contributed by atoms with Gasteiger partial charge in [0.1, 0.15) is 23.6 Å². The van der Waals surface area contributed by atoms with Crippen LogP contribution in [0.2, 0.25) is 0 Å². The number of hydrogen-bond acceptors (Lipinski definition) is 5. The Hall–Kier alpha value is -3.10. The molecule has 29 heavy (non-hydrogen) atoms. The molecule has 1 aromatic carbocycles. The van der Waals surface area contributed by atoms with Gasteiger partial charge in [-0.25, -0.2) is 9.97 Å². The molecule has 3 rings (SSSR count). The van der Waals surface area contributed by atoms with Gasteiger partial charge in [-0.2, -0.15) is 13.2 Å². The number of nitrogens with zero attached hydrogens (tertiary/aromatic N) is 3. The quantitative estimate of drug-likeness (QED) is 0.772. The van der Waals surface area contributed by atoms with E-state index in [1.165, 1.54) is 6.08 Å². The van der Waals surface area contributed by atoms with Gasteiger partial charge in [-0.15, -0.1) is 0 Å². The fraction of sp³-hybridized carbons (Fsp3) is 0.350. The molecule has 0 spiro atoms. The second kappa shape index (κ2) is 8.93. The number of alkyl halides is 3. The van der Waals surface area contributed by atoms with Crippen molar-refractivity contribution in [1.82, 2.24) is 15.3 Å². The first-order valence-electron chi connectivity index (χ1n) is 9.12. The summed E-state index contributed by atoms with van der Waals surface area (Å²) in [6.07, 6.45) is 0.777. The van der Waals surface area contributed by atoms with Crippen molar-refractivity contribution in [1.29, 1.82) is 0 Å². The van der Waals surface area contributed by atoms with Crippen molar-refractivity contribution in [2.45, 2.75) is 25.1 Å². The number of nitrogens with one attached hydrogen (secondary N) is 1. The Balaban J connectivity index is 1.53. The molecule has 1 N–H and O–H groups in total. The first kappa shape index (κ1) is 20.6. The zero-order chi connectivity index (χ0) is 20.9. The Morgan fingerprint density at radius 2 is 1.97 bits per heavy atom. The first-order chi connectivity index (χ1) is 13.9. The molecular weight excluding hydrogens is 385 g/mol. The minimum Gasteiger partial charge on any atom is -0.496 e. The normalized spacial score (nSPS) is 15.5. The first-order valence-corrected chi connectivity index (χ1v) is 9.12. The fourth-order valence-corrected chi connectivity index (χ4v) is 3.15. The number of hydrogen-bond donors (Lipinski definition) is 1. The number of para-hydroxylation sites is 1. The fourth-order valence-electron chi connectivity index (χ4n) is 3.15. The van der Waals surface area contributed by atoms with Crippen LogP contribution in [0.25, 0.3) is 6.08 Å². The van der Waals surface area contributed by atoms with Crippen LogP contribution in [0.4, 0.5) is 19.0 Å². The summed E-state index contributed by atoms with van der Waals surface area (Å²) in [6.45, 7) is 0.991. The predicted molar refractivity (Wildman–Crippen MR) is 102 cm³/mol. The van der Waals surface area contributed by atoms with E-state index < -0.39 is 11.9 Å². The van der Waals surface area contributed by atoms with E-state index in [4.69, 9.17) is 4.74 Å². The maximum atomic E-state index is 12.8. The van der Waals surface area contributed by atoms with Gasteiger partial charge in [0.05, 0.1) is 7.11 Å². The third-order valence-electron chi connectivity index (χ3n) is 4.66. The molecule has 0 unspecified atom stereocenters. The molecule has 1 aromatic heterocycles. The van der Waals surface area contributed by atoms with Gasteiger partial charge in [0.25, 0.3) is 0 Å². The zero-order valence-electron chi connectivity index (χ0n) is 15.8. The minimum atomic E-state index is -4.50. The molecule has 1 saturated heterocycles. The van der Waals surface area contributed by atoms with Crippen molar-refractivity contribution < 1.29 is 22.7 Å². The number of amides is 1. The molecule has 154 valence electrons. The monoisotopic (exact) mass is 406 g/mol. The highest BCUT2D eigenvalue weighted by Crippen LogP contribution is 2.29. The average Bonchev–Trinajstić information content (AvgIpc) is 2.72. The topological polar surface area (TPSA) is 67.3 Å². The summed E-state index contributed by atoms with van der Waals surface area (Å²) in [5.41, 5.74) is -0.163. The lowest BCUT2D eigenvalue weighted by Gasteiger charge is -2.33. The Labute approximate surface area is 166 Å². The van der Waals surface area contributed by atoms with E-state index in [1.54, 1.807) is 18.1 Å². The number of benzene rings is 1. The van der Waals surface area contributed by atoms with Crippen LogP contribution in [-0.4, -0.2) is 42.1 Å². The molecule has 9 heteroatoms. The molecule has 1 aliphatic heterocycles. The highest BCUT2D eigenvalue weighted by molar-refractivity contribution is 5.92. The van der Waals surface area contributed by atoms with Crippen LogP contribution in [-0.2, 0) is 11.0 Å². The zero-order valence-corrected chi connectivity index (χ0v) is 15.8. The van der Waals surface area contributed by atoms with Gasteiger partial charge in [-0.1, -0.05) is 18.2 Å². The van der Waals surface area contributed by atoms with E-state index in [1.807, 2.05) is 24.3 Å². The van der Waals surface area contributed by atoms with Gasteiger partial charge in [0.2, 0.25) is 5.91 Å². The molecule has 0 radical (unpaired) electrons. The number of carbonyl (C=O) groups is 1. The van der Waals surface area contributed by atoms with Crippen LogP contribution in [0, 0.1) is 0 Å². The third-order valence-corrected chi connectivity index (χ3v) is 4.66. The molecule has 1 amide bonds. The third kappa shape index (κ3) is 5.46. The molecule has 0 atom stereocenters. The minimum absolute atomic E-state index is 0.0509. The standard InChI is InChI=1S/C20H21F3N4O2/c1-29-16-5-3-2-4-14(16)6-7-19(28)26-15-8-10-27(11-9-15)18-12-17(20(21,22)23)24-13-25-18/h2-7,12-13,15H,8-11H2,1H3,(H,26,28). The van der Waals surface area contributed by atoms with Crippen LogP contribution in [0.15, 0.2) is 42.7 Å². The second-order valence-corrected chi connectivity index (χ2v) is 6.60. The number of ether oxygens (including phenoxy) is 1. The molecule has 1 aliphatic rings. The maximum absolute atomic E-state index is 12.8. The molecule has 6 nitrogen and oxygen atoms in total. The predicted octanol–water partition coefficient (Wildman–Crippen LogP) is 3.30. The lowest BCUT2D eigenvalue weighted by atomic mass is 10.0. The number of piperidine rings is 1. The summed E-state index contributed by atoms with van der Waals surface area (Å²) < 4.78 is 43.7. The lowest BCUT2D eigenvalue weighted by Crippen LogP contribution is -2.44. The summed E-state index contributed by atoms with van der Waals surface area (Å²) in [7, 11) is 1.57. The Kier molecular flexibility index (Phi) is 6.36. The number of halogens is 3. The van der Waals surface area contributed by atoms with Gasteiger partial charge in [0.15, 0.2) is 0 Å². The van der Waals surface area contributed by atoms with E-state index in [-0.39, 0.29) is 17.8 Å². The van der Waals surface area contributed by atoms with Gasteiger partial charge < -0.3 is 15.0 Å².